The molecule has 0 radical (unpaired) electrons. The number of anilines is 1. The summed E-state index contributed by atoms with van der Waals surface area (Å²) in [4.78, 5) is 58.9. The monoisotopic (exact) mass is 669 g/mol. The van der Waals surface area contributed by atoms with Crippen LogP contribution in [0.15, 0.2) is 133 Å². The van der Waals surface area contributed by atoms with E-state index in [1.807, 2.05) is 36.4 Å². The lowest BCUT2D eigenvalue weighted by molar-refractivity contribution is 0.0931. The number of Topliss-reactive ketones (excluding diaryl/α,β-unsaturated/α-hetero) is 1. The highest BCUT2D eigenvalue weighted by Crippen LogP contribution is 2.45. The van der Waals surface area contributed by atoms with Crippen LogP contribution in [-0.4, -0.2) is 40.1 Å². The molecule has 9 heteroatoms. The quantitative estimate of drug-likeness (QED) is 0.135. The lowest BCUT2D eigenvalue weighted by Crippen LogP contribution is -2.35. The molecule has 0 aliphatic heterocycles. The first-order valence-corrected chi connectivity index (χ1v) is 16.4. The van der Waals surface area contributed by atoms with Crippen LogP contribution in [0.2, 0.25) is 0 Å². The molecular formula is C42H27N3O6. The first-order valence-electron chi connectivity index (χ1n) is 16.4. The molecule has 1 aromatic heterocycles. The summed E-state index contributed by atoms with van der Waals surface area (Å²) in [6, 6.07) is 29.9. The average molecular weight is 670 g/mol. The summed E-state index contributed by atoms with van der Waals surface area (Å²) in [7, 11) is 0. The molecule has 6 aromatic rings. The maximum absolute atomic E-state index is 14.2. The molecule has 9 rings (SSSR count). The highest BCUT2D eigenvalue weighted by atomic mass is 16.5. The minimum Gasteiger partial charge on any atom is -0.507 e. The van der Waals surface area contributed by atoms with E-state index in [9.17, 15) is 24.3 Å². The van der Waals surface area contributed by atoms with Crippen LogP contribution in [0.4, 0.5) is 5.69 Å². The number of carbonyl (C=O) groups is 4. The Hall–Kier alpha value is -7.00. The third-order valence-electron chi connectivity index (χ3n) is 9.69. The van der Waals surface area contributed by atoms with E-state index in [2.05, 4.69) is 15.6 Å². The predicted octanol–water partition coefficient (Wildman–Crippen LogP) is 7.51. The zero-order chi connectivity index (χ0) is 34.8. The molecule has 4 N–H and O–H groups in total. The van der Waals surface area contributed by atoms with Crippen molar-refractivity contribution in [1.29, 1.82) is 0 Å². The van der Waals surface area contributed by atoms with E-state index < -0.39 is 5.92 Å². The van der Waals surface area contributed by atoms with Gasteiger partial charge in [0.15, 0.2) is 24.1 Å². The first kappa shape index (κ1) is 30.1. The Bertz CT molecular complexity index is 2610. The Morgan fingerprint density at radius 2 is 1.41 bits per heavy atom. The van der Waals surface area contributed by atoms with E-state index in [0.717, 1.165) is 0 Å². The van der Waals surface area contributed by atoms with Gasteiger partial charge in [-0.25, -0.2) is 0 Å². The van der Waals surface area contributed by atoms with E-state index in [1.165, 1.54) is 0 Å². The number of aliphatic hydroxyl groups excluding tert-OH is 1. The highest BCUT2D eigenvalue weighted by molar-refractivity contribution is 6.35. The Kier molecular flexibility index (Phi) is 6.82. The van der Waals surface area contributed by atoms with Crippen LogP contribution in [0.25, 0.3) is 27.6 Å². The molecule has 1 heterocycles. The van der Waals surface area contributed by atoms with Gasteiger partial charge >= 0.3 is 0 Å². The second-order valence-electron chi connectivity index (χ2n) is 12.5. The average Bonchev–Trinajstić information content (AvgIpc) is 3.54. The molecule has 246 valence electrons. The van der Waals surface area contributed by atoms with Crippen molar-refractivity contribution in [1.82, 2.24) is 10.3 Å². The number of aliphatic hydroxyl groups is 1. The number of H-pyrrole nitrogens is 1. The Morgan fingerprint density at radius 3 is 2.16 bits per heavy atom. The molecule has 0 saturated carbocycles. The molecule has 0 spiro atoms. The molecule has 0 fully saturated rings. The number of hydrogen-bond donors (Lipinski definition) is 4. The summed E-state index contributed by atoms with van der Waals surface area (Å²) in [6.45, 7) is 0.0224. The molecule has 5 aromatic carbocycles. The zero-order valence-corrected chi connectivity index (χ0v) is 26.8. The fourth-order valence-electron chi connectivity index (χ4n) is 7.34. The second-order valence-corrected chi connectivity index (χ2v) is 12.5. The van der Waals surface area contributed by atoms with Crippen LogP contribution in [-0.2, 0) is 0 Å². The molecule has 3 aliphatic carbocycles. The number of rotatable bonds is 6. The van der Waals surface area contributed by atoms with Gasteiger partial charge in [-0.3, -0.25) is 19.2 Å². The van der Waals surface area contributed by atoms with E-state index >= 15 is 0 Å². The number of benzene rings is 5. The largest absolute Gasteiger partial charge is 0.507 e. The normalized spacial score (nSPS) is 16.0. The van der Waals surface area contributed by atoms with E-state index in [4.69, 9.17) is 4.74 Å². The van der Waals surface area contributed by atoms with Gasteiger partial charge in [0, 0.05) is 50.0 Å². The summed E-state index contributed by atoms with van der Waals surface area (Å²) in [6.07, 6.45) is 5.01. The fourth-order valence-corrected chi connectivity index (χ4v) is 7.34. The Balaban J connectivity index is 1.19. The van der Waals surface area contributed by atoms with Crippen LogP contribution in [0.5, 0.6) is 5.75 Å². The summed E-state index contributed by atoms with van der Waals surface area (Å²) < 4.78 is 5.89. The van der Waals surface area contributed by atoms with Gasteiger partial charge < -0.3 is 25.5 Å². The number of hydrogen-bond acceptors (Lipinski definition) is 7. The van der Waals surface area contributed by atoms with Gasteiger partial charge in [-0.2, -0.15) is 0 Å². The van der Waals surface area contributed by atoms with Crippen LogP contribution in [0.3, 0.4) is 0 Å². The van der Waals surface area contributed by atoms with Crippen molar-refractivity contribution in [2.45, 2.75) is 0 Å². The summed E-state index contributed by atoms with van der Waals surface area (Å²) >= 11 is 0. The predicted molar refractivity (Wildman–Crippen MR) is 193 cm³/mol. The molecule has 9 nitrogen and oxygen atoms in total. The summed E-state index contributed by atoms with van der Waals surface area (Å²) in [5.41, 5.74) is 3.94. The number of allylic oxidation sites excluding steroid dienone is 4. The molecule has 1 amide bonds. The van der Waals surface area contributed by atoms with Crippen LogP contribution >= 0.6 is 0 Å². The van der Waals surface area contributed by atoms with Gasteiger partial charge in [0.25, 0.3) is 5.91 Å². The maximum atomic E-state index is 14.2. The second kappa shape index (κ2) is 11.6. The first-order chi connectivity index (χ1) is 24.9. The third kappa shape index (κ3) is 4.63. The van der Waals surface area contributed by atoms with Gasteiger partial charge in [-0.15, -0.1) is 0 Å². The van der Waals surface area contributed by atoms with E-state index in [0.29, 0.717) is 61.2 Å². The summed E-state index contributed by atoms with van der Waals surface area (Å²) in [5, 5.41) is 19.2. The van der Waals surface area contributed by atoms with Crippen molar-refractivity contribution in [3.05, 3.63) is 172 Å². The highest BCUT2D eigenvalue weighted by Gasteiger charge is 2.40. The van der Waals surface area contributed by atoms with Crippen molar-refractivity contribution >= 4 is 56.5 Å². The number of aromatic nitrogens is 1. The standard InChI is InChI=1S/C42H27N3O6/c46-38-25-14-7-8-15-26(25)39(47)35-34(38)31(43-21-51-23-12-5-2-6-13-23)20-29-24-18-19-28-33(36(24)45-37(29)35)41(49)27-16-9-17-30(32(27)40(28)48)44-42(50)22-10-3-1-4-11-22/h1-20,32,43,45,49H,21H2,(H,44,50). The van der Waals surface area contributed by atoms with E-state index in [1.54, 1.807) is 85.0 Å². The molecule has 0 saturated heterocycles. The Morgan fingerprint density at radius 1 is 0.745 bits per heavy atom. The lowest BCUT2D eigenvalue weighted by atomic mass is 9.76. The number of para-hydroxylation sites is 1. The topological polar surface area (TPSA) is 138 Å². The van der Waals surface area contributed by atoms with Gasteiger partial charge in [-0.1, -0.05) is 78.9 Å². The number of amides is 1. The minimum atomic E-state index is -0.930. The minimum absolute atomic E-state index is 0.0224. The Labute approximate surface area is 290 Å². The van der Waals surface area contributed by atoms with Crippen molar-refractivity contribution < 1.29 is 29.0 Å². The lowest BCUT2D eigenvalue weighted by Gasteiger charge is -2.29. The SMILES string of the molecule is O=C(NC1=CC=CC2=C(O)c3c(ccc4c3[nH]c3c5c(c(NCOc6ccccc6)cc34)C(=O)c3ccccc3C5=O)C(=O)C12)c1ccccc1. The smallest absolute Gasteiger partial charge is 0.255 e. The number of aromatic amines is 1. The summed E-state index contributed by atoms with van der Waals surface area (Å²) in [5.74, 6) is -1.73. The maximum Gasteiger partial charge on any atom is 0.255 e. The number of ketones is 3. The molecular weight excluding hydrogens is 642 g/mol. The van der Waals surface area contributed by atoms with Crippen LogP contribution in [0.1, 0.15) is 58.1 Å². The fraction of sp³-hybridized carbons (Fsp3) is 0.0476. The van der Waals surface area contributed by atoms with Gasteiger partial charge in [0.2, 0.25) is 0 Å². The van der Waals surface area contributed by atoms with Gasteiger partial charge in [0.1, 0.15) is 11.5 Å². The number of nitrogens with one attached hydrogen (secondary N) is 3. The molecule has 3 aliphatic rings. The van der Waals surface area contributed by atoms with Crippen LogP contribution < -0.4 is 15.4 Å². The van der Waals surface area contributed by atoms with Crippen molar-refractivity contribution in [2.75, 3.05) is 12.0 Å². The van der Waals surface area contributed by atoms with Crippen molar-refractivity contribution in [3.63, 3.8) is 0 Å². The molecule has 1 unspecified atom stereocenters. The molecule has 1 atom stereocenters. The van der Waals surface area contributed by atoms with Gasteiger partial charge in [0.05, 0.1) is 33.6 Å². The van der Waals surface area contributed by atoms with Gasteiger partial charge in [-0.05, 0) is 42.5 Å². The van der Waals surface area contributed by atoms with Crippen molar-refractivity contribution in [3.8, 4) is 5.75 Å². The number of carbonyl (C=O) groups excluding carboxylic acids is 4. The van der Waals surface area contributed by atoms with E-state index in [-0.39, 0.29) is 58.0 Å². The zero-order valence-electron chi connectivity index (χ0n) is 26.8. The number of ether oxygens (including phenoxy) is 1. The number of fused-ring (bicyclic) bond motifs is 9. The molecule has 0 bridgehead atoms. The van der Waals surface area contributed by atoms with Crippen LogP contribution in [0, 0.1) is 5.92 Å². The third-order valence-corrected chi connectivity index (χ3v) is 9.69. The molecule has 51 heavy (non-hydrogen) atoms. The van der Waals surface area contributed by atoms with Crippen molar-refractivity contribution in [2.24, 2.45) is 5.92 Å².